The van der Waals surface area contributed by atoms with Crippen LogP contribution in [0.1, 0.15) is 21.7 Å². The predicted molar refractivity (Wildman–Crippen MR) is 89.6 cm³/mol. The Morgan fingerprint density at radius 3 is 2.65 bits per heavy atom. The first-order chi connectivity index (χ1) is 11.1. The molecule has 2 aromatic carbocycles. The highest BCUT2D eigenvalue weighted by molar-refractivity contribution is 6.50. The van der Waals surface area contributed by atoms with Gasteiger partial charge in [0.05, 0.1) is 10.5 Å². The van der Waals surface area contributed by atoms with Crippen molar-refractivity contribution in [1.82, 2.24) is 15.3 Å². The van der Waals surface area contributed by atoms with Gasteiger partial charge in [0.1, 0.15) is 11.3 Å². The van der Waals surface area contributed by atoms with Crippen LogP contribution < -0.4 is 5.32 Å². The molecule has 6 heteroatoms. The SMILES string of the molecule is CNC(=O)c1ccc(/C=C(\Cl)c2nc3c(F)cccc3[nH]2)cc1. The first-order valence-electron chi connectivity index (χ1n) is 6.92. The van der Waals surface area contributed by atoms with E-state index in [1.165, 1.54) is 6.07 Å². The van der Waals surface area contributed by atoms with Gasteiger partial charge in [-0.05, 0) is 35.9 Å². The van der Waals surface area contributed by atoms with Crippen molar-refractivity contribution in [1.29, 1.82) is 0 Å². The molecule has 0 aliphatic rings. The Bertz CT molecular complexity index is 900. The molecular formula is C17H13ClFN3O. The number of H-pyrrole nitrogens is 1. The van der Waals surface area contributed by atoms with Crippen molar-refractivity contribution in [2.24, 2.45) is 0 Å². The van der Waals surface area contributed by atoms with E-state index >= 15 is 0 Å². The Hall–Kier alpha value is -2.66. The maximum Gasteiger partial charge on any atom is 0.251 e. The van der Waals surface area contributed by atoms with Gasteiger partial charge in [-0.1, -0.05) is 29.8 Å². The van der Waals surface area contributed by atoms with Gasteiger partial charge in [0.2, 0.25) is 0 Å². The molecule has 0 spiro atoms. The average molecular weight is 330 g/mol. The maximum atomic E-state index is 13.7. The number of benzene rings is 2. The normalized spacial score (nSPS) is 11.7. The molecule has 0 fully saturated rings. The van der Waals surface area contributed by atoms with E-state index in [9.17, 15) is 9.18 Å². The lowest BCUT2D eigenvalue weighted by atomic mass is 10.1. The van der Waals surface area contributed by atoms with Crippen LogP contribution in [0.2, 0.25) is 0 Å². The van der Waals surface area contributed by atoms with E-state index in [0.29, 0.717) is 21.9 Å². The van der Waals surface area contributed by atoms with Crippen molar-refractivity contribution in [2.45, 2.75) is 0 Å². The summed E-state index contributed by atoms with van der Waals surface area (Å²) in [5, 5.41) is 2.91. The number of carbonyl (C=O) groups is 1. The van der Waals surface area contributed by atoms with Crippen molar-refractivity contribution < 1.29 is 9.18 Å². The number of aromatic amines is 1. The number of para-hydroxylation sites is 1. The molecule has 3 rings (SSSR count). The van der Waals surface area contributed by atoms with Crippen LogP contribution >= 0.6 is 11.6 Å². The summed E-state index contributed by atoms with van der Waals surface area (Å²) in [6.45, 7) is 0. The third-order valence-corrected chi connectivity index (χ3v) is 3.67. The van der Waals surface area contributed by atoms with E-state index in [-0.39, 0.29) is 11.4 Å². The molecule has 0 aliphatic carbocycles. The highest BCUT2D eigenvalue weighted by Gasteiger charge is 2.09. The molecule has 0 unspecified atom stereocenters. The van der Waals surface area contributed by atoms with Crippen LogP contribution in [0.5, 0.6) is 0 Å². The van der Waals surface area contributed by atoms with E-state index in [4.69, 9.17) is 11.6 Å². The zero-order chi connectivity index (χ0) is 16.4. The first-order valence-corrected chi connectivity index (χ1v) is 7.30. The zero-order valence-corrected chi connectivity index (χ0v) is 13.0. The highest BCUT2D eigenvalue weighted by Crippen LogP contribution is 2.24. The zero-order valence-electron chi connectivity index (χ0n) is 12.2. The maximum absolute atomic E-state index is 13.7. The number of rotatable bonds is 3. The van der Waals surface area contributed by atoms with Crippen LogP contribution in [0.3, 0.4) is 0 Å². The number of nitrogens with zero attached hydrogens (tertiary/aromatic N) is 1. The highest BCUT2D eigenvalue weighted by atomic mass is 35.5. The van der Waals surface area contributed by atoms with Crippen LogP contribution in [0.15, 0.2) is 42.5 Å². The molecule has 23 heavy (non-hydrogen) atoms. The molecule has 1 heterocycles. The molecule has 0 saturated heterocycles. The minimum Gasteiger partial charge on any atom is -0.355 e. The number of imidazole rings is 1. The van der Waals surface area contributed by atoms with Crippen molar-refractivity contribution in [3.63, 3.8) is 0 Å². The van der Waals surface area contributed by atoms with Crippen LogP contribution in [0.4, 0.5) is 4.39 Å². The molecule has 3 aromatic rings. The van der Waals surface area contributed by atoms with Crippen molar-refractivity contribution in [3.05, 3.63) is 65.2 Å². The van der Waals surface area contributed by atoms with Gasteiger partial charge in [-0.3, -0.25) is 4.79 Å². The first kappa shape index (κ1) is 15.2. The molecular weight excluding hydrogens is 317 g/mol. The Morgan fingerprint density at radius 2 is 2.00 bits per heavy atom. The number of carbonyl (C=O) groups excluding carboxylic acids is 1. The van der Waals surface area contributed by atoms with E-state index in [1.54, 1.807) is 49.5 Å². The van der Waals surface area contributed by atoms with E-state index in [0.717, 1.165) is 5.56 Å². The second-order valence-electron chi connectivity index (χ2n) is 4.91. The largest absolute Gasteiger partial charge is 0.355 e. The van der Waals surface area contributed by atoms with Gasteiger partial charge in [0.25, 0.3) is 5.91 Å². The molecule has 1 amide bonds. The quantitative estimate of drug-likeness (QED) is 0.768. The Morgan fingerprint density at radius 1 is 1.26 bits per heavy atom. The van der Waals surface area contributed by atoms with Crippen LogP contribution in [-0.2, 0) is 0 Å². The fraction of sp³-hybridized carbons (Fsp3) is 0.0588. The topological polar surface area (TPSA) is 57.8 Å². The molecule has 0 saturated carbocycles. The summed E-state index contributed by atoms with van der Waals surface area (Å²) in [6, 6.07) is 11.6. The number of fused-ring (bicyclic) bond motifs is 1. The molecule has 0 atom stereocenters. The summed E-state index contributed by atoms with van der Waals surface area (Å²) in [7, 11) is 1.58. The molecule has 0 radical (unpaired) electrons. The second kappa shape index (κ2) is 6.22. The van der Waals surface area contributed by atoms with Crippen molar-refractivity contribution in [3.8, 4) is 0 Å². The lowest BCUT2D eigenvalue weighted by Crippen LogP contribution is -2.17. The second-order valence-corrected chi connectivity index (χ2v) is 5.32. The summed E-state index contributed by atoms with van der Waals surface area (Å²) in [4.78, 5) is 18.6. The number of hydrogen-bond acceptors (Lipinski definition) is 2. The van der Waals surface area contributed by atoms with Gasteiger partial charge < -0.3 is 10.3 Å². The van der Waals surface area contributed by atoms with E-state index in [1.807, 2.05) is 0 Å². The summed E-state index contributed by atoms with van der Waals surface area (Å²) in [5.41, 5.74) is 2.21. The number of hydrogen-bond donors (Lipinski definition) is 2. The average Bonchev–Trinajstić information content (AvgIpc) is 3.00. The summed E-state index contributed by atoms with van der Waals surface area (Å²) < 4.78 is 13.7. The molecule has 0 bridgehead atoms. The lowest BCUT2D eigenvalue weighted by Gasteiger charge is -2.00. The number of aromatic nitrogens is 2. The third-order valence-electron chi connectivity index (χ3n) is 3.38. The van der Waals surface area contributed by atoms with E-state index < -0.39 is 5.82 Å². The van der Waals surface area contributed by atoms with Crippen molar-refractivity contribution >= 4 is 39.6 Å². The van der Waals surface area contributed by atoms with Gasteiger partial charge in [-0.2, -0.15) is 0 Å². The number of amides is 1. The summed E-state index contributed by atoms with van der Waals surface area (Å²) in [5.74, 6) is -0.161. The van der Waals surface area contributed by atoms with E-state index in [2.05, 4.69) is 15.3 Å². The smallest absolute Gasteiger partial charge is 0.251 e. The third kappa shape index (κ3) is 3.10. The van der Waals surface area contributed by atoms with Gasteiger partial charge in [-0.15, -0.1) is 0 Å². The fourth-order valence-corrected chi connectivity index (χ4v) is 2.42. The monoisotopic (exact) mass is 329 g/mol. The molecule has 4 nitrogen and oxygen atoms in total. The molecule has 2 N–H and O–H groups in total. The fourth-order valence-electron chi connectivity index (χ4n) is 2.20. The molecule has 0 aliphatic heterocycles. The van der Waals surface area contributed by atoms with Crippen LogP contribution in [0.25, 0.3) is 22.1 Å². The minimum absolute atomic E-state index is 0.153. The Labute approximate surface area is 137 Å². The summed E-state index contributed by atoms with van der Waals surface area (Å²) >= 11 is 6.26. The lowest BCUT2D eigenvalue weighted by molar-refractivity contribution is 0.0963. The predicted octanol–water partition coefficient (Wildman–Crippen LogP) is 3.80. The van der Waals surface area contributed by atoms with Crippen LogP contribution in [0, 0.1) is 5.82 Å². The van der Waals surface area contributed by atoms with Gasteiger partial charge in [0.15, 0.2) is 5.82 Å². The molecule has 1 aromatic heterocycles. The van der Waals surface area contributed by atoms with Crippen LogP contribution in [-0.4, -0.2) is 22.9 Å². The number of halogens is 2. The Kier molecular flexibility index (Phi) is 4.12. The van der Waals surface area contributed by atoms with Gasteiger partial charge in [-0.25, -0.2) is 9.37 Å². The molecule has 116 valence electrons. The van der Waals surface area contributed by atoms with Crippen molar-refractivity contribution in [2.75, 3.05) is 7.05 Å². The van der Waals surface area contributed by atoms with Gasteiger partial charge in [0, 0.05) is 12.6 Å². The number of nitrogens with one attached hydrogen (secondary N) is 2. The standard InChI is InChI=1S/C17H13ClFN3O/c1-20-17(23)11-7-5-10(6-8-11)9-12(18)16-21-14-4-2-3-13(19)15(14)22-16/h2-9H,1H3,(H,20,23)(H,21,22)/b12-9-. The Balaban J connectivity index is 1.91. The van der Waals surface area contributed by atoms with Gasteiger partial charge >= 0.3 is 0 Å². The summed E-state index contributed by atoms with van der Waals surface area (Å²) in [6.07, 6.45) is 1.70. The minimum atomic E-state index is -0.399.